The van der Waals surface area contributed by atoms with Crippen LogP contribution in [0.15, 0.2) is 0 Å². The molecule has 1 heterocycles. The van der Waals surface area contributed by atoms with Gasteiger partial charge in [-0.3, -0.25) is 4.90 Å². The molecule has 0 bridgehead atoms. The van der Waals surface area contributed by atoms with Crippen molar-refractivity contribution in [2.45, 2.75) is 51.4 Å². The first-order chi connectivity index (χ1) is 7.06. The van der Waals surface area contributed by atoms with E-state index >= 15 is 0 Å². The standard InChI is InChI=1S/C12H23NO2/c1-8-3-9(2)5-10(4-8)13-6-11(14)12(15)7-13/h8-12,14-15H,3-7H2,1-2H3/t8?,9?,10?,11-,12+. The molecular weight excluding hydrogens is 190 g/mol. The Morgan fingerprint density at radius 2 is 1.33 bits per heavy atom. The second-order valence-electron chi connectivity index (χ2n) is 5.66. The van der Waals surface area contributed by atoms with E-state index in [1.54, 1.807) is 0 Å². The van der Waals surface area contributed by atoms with Crippen molar-refractivity contribution in [3.05, 3.63) is 0 Å². The van der Waals surface area contributed by atoms with Gasteiger partial charge in [0.2, 0.25) is 0 Å². The van der Waals surface area contributed by atoms with Crippen LogP contribution in [-0.4, -0.2) is 46.5 Å². The van der Waals surface area contributed by atoms with Crippen molar-refractivity contribution in [3.8, 4) is 0 Å². The third-order valence-corrected chi connectivity index (χ3v) is 3.96. The number of hydrogen-bond acceptors (Lipinski definition) is 3. The van der Waals surface area contributed by atoms with E-state index in [1.807, 2.05) is 0 Å². The largest absolute Gasteiger partial charge is 0.389 e. The van der Waals surface area contributed by atoms with Crippen LogP contribution in [0.5, 0.6) is 0 Å². The van der Waals surface area contributed by atoms with Crippen molar-refractivity contribution in [1.82, 2.24) is 4.90 Å². The Kier molecular flexibility index (Phi) is 3.33. The highest BCUT2D eigenvalue weighted by molar-refractivity contribution is 4.90. The molecule has 2 N–H and O–H groups in total. The molecule has 2 aliphatic rings. The summed E-state index contributed by atoms with van der Waals surface area (Å²) in [5, 5.41) is 19.1. The minimum absolute atomic E-state index is 0.530. The molecule has 0 amide bonds. The molecule has 0 aromatic heterocycles. The van der Waals surface area contributed by atoms with Crippen LogP contribution in [0.25, 0.3) is 0 Å². The van der Waals surface area contributed by atoms with Crippen LogP contribution in [0.3, 0.4) is 0 Å². The highest BCUT2D eigenvalue weighted by atomic mass is 16.3. The molecular formula is C12H23NO2. The van der Waals surface area contributed by atoms with Crippen molar-refractivity contribution in [2.75, 3.05) is 13.1 Å². The lowest BCUT2D eigenvalue weighted by atomic mass is 9.80. The summed E-state index contributed by atoms with van der Waals surface area (Å²) in [4.78, 5) is 2.28. The van der Waals surface area contributed by atoms with Crippen LogP contribution < -0.4 is 0 Å². The van der Waals surface area contributed by atoms with Gasteiger partial charge in [-0.15, -0.1) is 0 Å². The van der Waals surface area contributed by atoms with Crippen LogP contribution in [0, 0.1) is 11.8 Å². The van der Waals surface area contributed by atoms with E-state index in [0.717, 1.165) is 11.8 Å². The quantitative estimate of drug-likeness (QED) is 0.678. The van der Waals surface area contributed by atoms with E-state index in [4.69, 9.17) is 0 Å². The van der Waals surface area contributed by atoms with Gasteiger partial charge in [-0.1, -0.05) is 13.8 Å². The maximum atomic E-state index is 9.54. The molecule has 2 fully saturated rings. The molecule has 4 atom stereocenters. The lowest BCUT2D eigenvalue weighted by molar-refractivity contribution is 0.0572. The van der Waals surface area contributed by atoms with E-state index in [0.29, 0.717) is 19.1 Å². The molecule has 1 aliphatic heterocycles. The van der Waals surface area contributed by atoms with Crippen molar-refractivity contribution in [2.24, 2.45) is 11.8 Å². The van der Waals surface area contributed by atoms with Crippen LogP contribution in [0.1, 0.15) is 33.1 Å². The van der Waals surface area contributed by atoms with Gasteiger partial charge in [0.15, 0.2) is 0 Å². The Balaban J connectivity index is 1.93. The van der Waals surface area contributed by atoms with Crippen molar-refractivity contribution < 1.29 is 10.2 Å². The van der Waals surface area contributed by atoms with E-state index < -0.39 is 12.2 Å². The van der Waals surface area contributed by atoms with Crippen LogP contribution in [0.2, 0.25) is 0 Å². The number of nitrogens with zero attached hydrogens (tertiary/aromatic N) is 1. The second kappa shape index (κ2) is 4.40. The lowest BCUT2D eigenvalue weighted by Crippen LogP contribution is -2.39. The summed E-state index contributed by atoms with van der Waals surface area (Å²) in [7, 11) is 0. The maximum Gasteiger partial charge on any atom is 0.0938 e. The smallest absolute Gasteiger partial charge is 0.0938 e. The minimum Gasteiger partial charge on any atom is -0.389 e. The van der Waals surface area contributed by atoms with E-state index in [9.17, 15) is 10.2 Å². The molecule has 1 saturated carbocycles. The summed E-state index contributed by atoms with van der Waals surface area (Å²) < 4.78 is 0. The molecule has 88 valence electrons. The first-order valence-electron chi connectivity index (χ1n) is 6.16. The molecule has 0 aromatic carbocycles. The fraction of sp³-hybridized carbons (Fsp3) is 1.00. The molecule has 2 unspecified atom stereocenters. The predicted octanol–water partition coefficient (Wildman–Crippen LogP) is 0.848. The first-order valence-corrected chi connectivity index (χ1v) is 6.16. The van der Waals surface area contributed by atoms with Crippen molar-refractivity contribution >= 4 is 0 Å². The van der Waals surface area contributed by atoms with Crippen molar-refractivity contribution in [1.29, 1.82) is 0 Å². The Morgan fingerprint density at radius 3 is 1.80 bits per heavy atom. The lowest BCUT2D eigenvalue weighted by Gasteiger charge is -2.37. The van der Waals surface area contributed by atoms with Crippen LogP contribution >= 0.6 is 0 Å². The van der Waals surface area contributed by atoms with Gasteiger partial charge in [0.05, 0.1) is 12.2 Å². The summed E-state index contributed by atoms with van der Waals surface area (Å²) in [6.45, 7) is 5.94. The predicted molar refractivity (Wildman–Crippen MR) is 59.6 cm³/mol. The fourth-order valence-corrected chi connectivity index (χ4v) is 3.30. The van der Waals surface area contributed by atoms with E-state index in [-0.39, 0.29) is 0 Å². The minimum atomic E-state index is -0.530. The Hall–Kier alpha value is -0.120. The molecule has 0 radical (unpaired) electrons. The molecule has 3 nitrogen and oxygen atoms in total. The number of likely N-dealkylation sites (tertiary alicyclic amines) is 1. The van der Waals surface area contributed by atoms with E-state index in [2.05, 4.69) is 18.7 Å². The normalized spacial score (nSPS) is 48.4. The Morgan fingerprint density at radius 1 is 0.867 bits per heavy atom. The van der Waals surface area contributed by atoms with Gasteiger partial charge in [0.1, 0.15) is 0 Å². The van der Waals surface area contributed by atoms with Gasteiger partial charge in [-0.05, 0) is 31.1 Å². The zero-order valence-corrected chi connectivity index (χ0v) is 9.76. The number of hydrogen-bond donors (Lipinski definition) is 2. The number of β-amino-alcohol motifs (C(OH)–C–C–N with tert-alkyl or cyclic N) is 2. The third-order valence-electron chi connectivity index (χ3n) is 3.96. The number of rotatable bonds is 1. The third kappa shape index (κ3) is 2.52. The molecule has 0 spiro atoms. The summed E-state index contributed by atoms with van der Waals surface area (Å²) in [6.07, 6.45) is 2.72. The first kappa shape index (κ1) is 11.4. The average molecular weight is 213 g/mol. The van der Waals surface area contributed by atoms with Crippen LogP contribution in [0.4, 0.5) is 0 Å². The monoisotopic (exact) mass is 213 g/mol. The number of aliphatic hydroxyl groups excluding tert-OH is 2. The summed E-state index contributed by atoms with van der Waals surface area (Å²) in [6, 6.07) is 0.579. The Labute approximate surface area is 92.1 Å². The maximum absolute atomic E-state index is 9.54. The fourth-order valence-electron chi connectivity index (χ4n) is 3.30. The molecule has 1 aliphatic carbocycles. The number of aliphatic hydroxyl groups is 2. The Bertz CT molecular complexity index is 202. The highest BCUT2D eigenvalue weighted by Crippen LogP contribution is 2.32. The van der Waals surface area contributed by atoms with E-state index in [1.165, 1.54) is 19.3 Å². The van der Waals surface area contributed by atoms with Gasteiger partial charge in [0, 0.05) is 19.1 Å². The van der Waals surface area contributed by atoms with Crippen molar-refractivity contribution in [3.63, 3.8) is 0 Å². The van der Waals surface area contributed by atoms with Gasteiger partial charge >= 0.3 is 0 Å². The topological polar surface area (TPSA) is 43.7 Å². The SMILES string of the molecule is CC1CC(C)CC(N2C[C@@H](O)[C@@H](O)C2)C1. The second-order valence-corrected chi connectivity index (χ2v) is 5.66. The van der Waals surface area contributed by atoms with Gasteiger partial charge in [-0.25, -0.2) is 0 Å². The molecule has 15 heavy (non-hydrogen) atoms. The summed E-state index contributed by atoms with van der Waals surface area (Å²) in [5.41, 5.74) is 0. The van der Waals surface area contributed by atoms with Gasteiger partial charge < -0.3 is 10.2 Å². The zero-order valence-electron chi connectivity index (χ0n) is 9.76. The summed E-state index contributed by atoms with van der Waals surface area (Å²) in [5.74, 6) is 1.57. The molecule has 0 aromatic rings. The van der Waals surface area contributed by atoms with Gasteiger partial charge in [0.25, 0.3) is 0 Å². The summed E-state index contributed by atoms with van der Waals surface area (Å²) >= 11 is 0. The average Bonchev–Trinajstić information content (AvgIpc) is 2.45. The molecule has 3 heteroatoms. The molecule has 1 saturated heterocycles. The van der Waals surface area contributed by atoms with Crippen LogP contribution in [-0.2, 0) is 0 Å². The highest BCUT2D eigenvalue weighted by Gasteiger charge is 2.36. The molecule has 2 rings (SSSR count). The van der Waals surface area contributed by atoms with Gasteiger partial charge in [-0.2, -0.15) is 0 Å². The zero-order chi connectivity index (χ0) is 11.0.